The number of hydrogen-bond acceptors (Lipinski definition) is 3. The van der Waals surface area contributed by atoms with Crippen LogP contribution < -0.4 is 5.32 Å². The number of hydrogen-bond donors (Lipinski definition) is 2. The molecule has 2 aromatic heterocycles. The Morgan fingerprint density at radius 3 is 2.61 bits per heavy atom. The van der Waals surface area contributed by atoms with Gasteiger partial charge in [-0.15, -0.1) is 0 Å². The average molecular weight is 412 g/mol. The Bertz CT molecular complexity index is 1150. The van der Waals surface area contributed by atoms with Gasteiger partial charge in [0.15, 0.2) is 0 Å². The van der Waals surface area contributed by atoms with E-state index in [0.29, 0.717) is 6.54 Å². The Kier molecular flexibility index (Phi) is 5.12. The number of benzene rings is 1. The van der Waals surface area contributed by atoms with Crippen molar-refractivity contribution in [3.63, 3.8) is 0 Å². The first kappa shape index (κ1) is 19.3. The highest BCUT2D eigenvalue weighted by Gasteiger charge is 2.20. The molecule has 4 heterocycles. The van der Waals surface area contributed by atoms with E-state index in [0.717, 1.165) is 71.7 Å². The number of H-pyrrole nitrogens is 1. The van der Waals surface area contributed by atoms with Crippen molar-refractivity contribution in [2.24, 2.45) is 0 Å². The van der Waals surface area contributed by atoms with Crippen LogP contribution >= 0.6 is 0 Å². The van der Waals surface area contributed by atoms with E-state index in [1.165, 1.54) is 0 Å². The Morgan fingerprint density at radius 2 is 1.84 bits per heavy atom. The topological polar surface area (TPSA) is 78.1 Å². The third-order valence-corrected chi connectivity index (χ3v) is 5.92. The predicted octanol–water partition coefficient (Wildman–Crippen LogP) is 3.67. The molecule has 2 aliphatic rings. The molecule has 0 spiro atoms. The molecule has 0 bridgehead atoms. The number of carbonyl (C=O) groups is 2. The Morgan fingerprint density at radius 1 is 1.03 bits per heavy atom. The fourth-order valence-electron chi connectivity index (χ4n) is 4.18. The summed E-state index contributed by atoms with van der Waals surface area (Å²) < 4.78 is 0. The first-order chi connectivity index (χ1) is 15.2. The summed E-state index contributed by atoms with van der Waals surface area (Å²) in [6, 6.07) is 13.9. The number of aromatic nitrogens is 2. The van der Waals surface area contributed by atoms with Gasteiger partial charge in [-0.2, -0.15) is 0 Å². The van der Waals surface area contributed by atoms with Crippen LogP contribution in [-0.4, -0.2) is 46.3 Å². The monoisotopic (exact) mass is 412 g/mol. The number of carbonyl (C=O) groups excluding carboxylic acids is 2. The molecule has 0 radical (unpaired) electrons. The second-order valence-electron chi connectivity index (χ2n) is 8.00. The van der Waals surface area contributed by atoms with Gasteiger partial charge in [0.1, 0.15) is 0 Å². The maximum atomic E-state index is 12.2. The minimum absolute atomic E-state index is 0.0233. The Labute approximate surface area is 181 Å². The quantitative estimate of drug-likeness (QED) is 0.642. The molecule has 2 amide bonds. The van der Waals surface area contributed by atoms with Crippen molar-refractivity contribution in [1.82, 2.24) is 20.2 Å². The smallest absolute Gasteiger partial charge is 0.253 e. The fourth-order valence-corrected chi connectivity index (χ4v) is 4.18. The molecule has 5 rings (SSSR count). The molecule has 2 aliphatic heterocycles. The van der Waals surface area contributed by atoms with Crippen molar-refractivity contribution < 1.29 is 9.59 Å². The van der Waals surface area contributed by atoms with Crippen LogP contribution in [-0.2, 0) is 11.2 Å². The molecule has 6 heteroatoms. The molecule has 1 saturated heterocycles. The lowest BCUT2D eigenvalue weighted by atomic mass is 10.0. The fraction of sp³-hybridized carbons (Fsp3) is 0.240. The molecule has 3 aromatic rings. The molecule has 0 saturated carbocycles. The molecule has 1 fully saturated rings. The van der Waals surface area contributed by atoms with Crippen LogP contribution in [0.5, 0.6) is 0 Å². The largest absolute Gasteiger partial charge is 0.358 e. The van der Waals surface area contributed by atoms with Crippen molar-refractivity contribution in [2.45, 2.75) is 19.3 Å². The van der Waals surface area contributed by atoms with Crippen molar-refractivity contribution >= 4 is 17.9 Å². The molecule has 0 atom stereocenters. The first-order valence-electron chi connectivity index (χ1n) is 10.7. The number of nitrogens with zero attached hydrogens (tertiary/aromatic N) is 2. The van der Waals surface area contributed by atoms with E-state index in [9.17, 15) is 9.59 Å². The predicted molar refractivity (Wildman–Crippen MR) is 120 cm³/mol. The van der Waals surface area contributed by atoms with Gasteiger partial charge in [0.25, 0.3) is 5.91 Å². The van der Waals surface area contributed by atoms with Crippen LogP contribution in [0.4, 0.5) is 0 Å². The highest BCUT2D eigenvalue weighted by Crippen LogP contribution is 2.27. The van der Waals surface area contributed by atoms with Crippen molar-refractivity contribution in [2.75, 3.05) is 19.6 Å². The van der Waals surface area contributed by atoms with E-state index in [4.69, 9.17) is 0 Å². The summed E-state index contributed by atoms with van der Waals surface area (Å²) in [5.41, 5.74) is 6.46. The van der Waals surface area contributed by atoms with E-state index in [-0.39, 0.29) is 11.8 Å². The summed E-state index contributed by atoms with van der Waals surface area (Å²) in [6.45, 7) is 2.38. The van der Waals surface area contributed by atoms with E-state index in [2.05, 4.69) is 15.3 Å². The molecule has 31 heavy (non-hydrogen) atoms. The lowest BCUT2D eigenvalue weighted by Crippen LogP contribution is -2.31. The maximum absolute atomic E-state index is 12.2. The number of amides is 2. The number of nitrogens with one attached hydrogen (secondary N) is 2. The van der Waals surface area contributed by atoms with Crippen molar-refractivity contribution in [3.8, 4) is 22.5 Å². The van der Waals surface area contributed by atoms with Gasteiger partial charge in [-0.1, -0.05) is 24.3 Å². The van der Waals surface area contributed by atoms with Crippen LogP contribution in [0.25, 0.3) is 28.6 Å². The normalized spacial score (nSPS) is 15.9. The highest BCUT2D eigenvalue weighted by molar-refractivity contribution is 5.97. The van der Waals surface area contributed by atoms with E-state index >= 15 is 0 Å². The second kappa shape index (κ2) is 8.22. The summed E-state index contributed by atoms with van der Waals surface area (Å²) >= 11 is 0. The zero-order valence-electron chi connectivity index (χ0n) is 17.2. The summed E-state index contributed by atoms with van der Waals surface area (Å²) in [5.74, 6) is 0.0585. The second-order valence-corrected chi connectivity index (χ2v) is 8.00. The number of rotatable bonds is 4. The van der Waals surface area contributed by atoms with Crippen LogP contribution in [0, 0.1) is 0 Å². The van der Waals surface area contributed by atoms with Gasteiger partial charge >= 0.3 is 0 Å². The van der Waals surface area contributed by atoms with Gasteiger partial charge < -0.3 is 15.2 Å². The molecular formula is C25H24N4O2. The maximum Gasteiger partial charge on any atom is 0.253 e. The standard InChI is InChI=1S/C25H24N4O2/c30-24(29-13-1-2-14-29)8-5-17-3-6-18(7-4-17)22-15-19(9-11-26-22)23-16-20-21(28-23)10-12-27-25(20)31/h3-9,11,15-16,28H,1-2,10,12-14H2,(H,27,31). The first-order valence-corrected chi connectivity index (χ1v) is 10.7. The van der Waals surface area contributed by atoms with Gasteiger partial charge in [-0.3, -0.25) is 14.6 Å². The third-order valence-electron chi connectivity index (χ3n) is 5.92. The molecular weight excluding hydrogens is 388 g/mol. The molecule has 0 unspecified atom stereocenters. The number of likely N-dealkylation sites (tertiary alicyclic amines) is 1. The Hall–Kier alpha value is -3.67. The summed E-state index contributed by atoms with van der Waals surface area (Å²) in [5, 5.41) is 2.88. The third kappa shape index (κ3) is 4.01. The van der Waals surface area contributed by atoms with E-state index < -0.39 is 0 Å². The highest BCUT2D eigenvalue weighted by atomic mass is 16.2. The molecule has 2 N–H and O–H groups in total. The van der Waals surface area contributed by atoms with Gasteiger partial charge in [0.05, 0.1) is 11.3 Å². The van der Waals surface area contributed by atoms with Crippen LogP contribution in [0.3, 0.4) is 0 Å². The lowest BCUT2D eigenvalue weighted by Gasteiger charge is -2.11. The number of pyridine rings is 1. The average Bonchev–Trinajstić information content (AvgIpc) is 3.49. The minimum Gasteiger partial charge on any atom is -0.358 e. The van der Waals surface area contributed by atoms with Crippen LogP contribution in [0.15, 0.2) is 54.7 Å². The van der Waals surface area contributed by atoms with Crippen molar-refractivity contribution in [3.05, 3.63) is 71.6 Å². The van der Waals surface area contributed by atoms with E-state index in [1.54, 1.807) is 12.3 Å². The van der Waals surface area contributed by atoms with Crippen LogP contribution in [0.1, 0.15) is 34.5 Å². The van der Waals surface area contributed by atoms with Crippen molar-refractivity contribution in [1.29, 1.82) is 0 Å². The number of aromatic amines is 1. The molecule has 6 nitrogen and oxygen atoms in total. The van der Waals surface area contributed by atoms with E-state index in [1.807, 2.05) is 53.4 Å². The van der Waals surface area contributed by atoms with Gasteiger partial charge in [-0.25, -0.2) is 0 Å². The van der Waals surface area contributed by atoms with Gasteiger partial charge in [0.2, 0.25) is 5.91 Å². The zero-order chi connectivity index (χ0) is 21.2. The van der Waals surface area contributed by atoms with Gasteiger partial charge in [-0.05, 0) is 42.7 Å². The molecule has 156 valence electrons. The summed E-state index contributed by atoms with van der Waals surface area (Å²) in [7, 11) is 0. The van der Waals surface area contributed by atoms with Crippen LogP contribution in [0.2, 0.25) is 0 Å². The summed E-state index contributed by atoms with van der Waals surface area (Å²) in [4.78, 5) is 34.0. The Balaban J connectivity index is 1.34. The number of fused-ring (bicyclic) bond motifs is 1. The summed E-state index contributed by atoms with van der Waals surface area (Å²) in [6.07, 6.45) is 8.31. The zero-order valence-corrected chi connectivity index (χ0v) is 17.2. The molecule has 0 aliphatic carbocycles. The lowest BCUT2D eigenvalue weighted by molar-refractivity contribution is -0.124. The SMILES string of the molecule is O=C1NCCc2[nH]c(-c3ccnc(-c4ccc(C=CC(=O)N5CCCC5)cc4)c3)cc21. The molecule has 1 aromatic carbocycles. The minimum atomic E-state index is -0.0233. The van der Waals surface area contributed by atoms with Gasteiger partial charge in [0, 0.05) is 60.8 Å².